The second kappa shape index (κ2) is 5.51. The van der Waals surface area contributed by atoms with Gasteiger partial charge in [0.15, 0.2) is 0 Å². The van der Waals surface area contributed by atoms with E-state index in [1.165, 1.54) is 5.56 Å². The van der Waals surface area contributed by atoms with Crippen molar-refractivity contribution < 1.29 is 4.79 Å². The van der Waals surface area contributed by atoms with Gasteiger partial charge >= 0.3 is 0 Å². The van der Waals surface area contributed by atoms with Crippen LogP contribution in [-0.2, 0) is 0 Å². The quantitative estimate of drug-likeness (QED) is 0.784. The van der Waals surface area contributed by atoms with Crippen molar-refractivity contribution in [3.05, 3.63) is 35.4 Å². The van der Waals surface area contributed by atoms with E-state index >= 15 is 0 Å². The van der Waals surface area contributed by atoms with E-state index in [0.29, 0.717) is 24.6 Å². The van der Waals surface area contributed by atoms with Crippen LogP contribution in [0.1, 0.15) is 35.7 Å². The Hall–Kier alpha value is -1.35. The third-order valence-corrected chi connectivity index (χ3v) is 2.27. The summed E-state index contributed by atoms with van der Waals surface area (Å²) >= 11 is 0. The molecule has 3 N–H and O–H groups in total. The minimum atomic E-state index is -0.0595. The Kier molecular flexibility index (Phi) is 4.31. The number of nitrogens with one attached hydrogen (secondary N) is 1. The highest BCUT2D eigenvalue weighted by Crippen LogP contribution is 2.14. The molecule has 0 atom stereocenters. The lowest BCUT2D eigenvalue weighted by atomic mass is 10.0. The monoisotopic (exact) mass is 206 g/mol. The van der Waals surface area contributed by atoms with Crippen LogP contribution in [0.4, 0.5) is 0 Å². The lowest BCUT2D eigenvalue weighted by Gasteiger charge is -2.07. The number of hydrogen-bond donors (Lipinski definition) is 2. The normalized spacial score (nSPS) is 10.4. The fraction of sp³-hybridized carbons (Fsp3) is 0.417. The molecule has 3 nitrogen and oxygen atoms in total. The molecule has 0 bridgehead atoms. The standard InChI is InChI=1S/C12H18N2O/c1-9(2)10-3-5-11(6-4-10)12(15)14-8-7-13/h3-6,9H,7-8,13H2,1-2H3,(H,14,15). The molecule has 1 amide bonds. The van der Waals surface area contributed by atoms with Crippen LogP contribution in [0, 0.1) is 0 Å². The topological polar surface area (TPSA) is 55.1 Å². The Balaban J connectivity index is 2.67. The summed E-state index contributed by atoms with van der Waals surface area (Å²) in [5.41, 5.74) is 7.23. The molecule has 0 heterocycles. The largest absolute Gasteiger partial charge is 0.351 e. The lowest BCUT2D eigenvalue weighted by molar-refractivity contribution is 0.0954. The first-order valence-electron chi connectivity index (χ1n) is 5.23. The number of rotatable bonds is 4. The maximum atomic E-state index is 11.5. The molecular weight excluding hydrogens is 188 g/mol. The van der Waals surface area contributed by atoms with Gasteiger partial charge in [-0.1, -0.05) is 26.0 Å². The Morgan fingerprint density at radius 2 is 1.93 bits per heavy atom. The number of carbonyl (C=O) groups is 1. The molecule has 0 saturated carbocycles. The zero-order chi connectivity index (χ0) is 11.3. The SMILES string of the molecule is CC(C)c1ccc(C(=O)NCCN)cc1. The van der Waals surface area contributed by atoms with E-state index in [4.69, 9.17) is 5.73 Å². The number of amides is 1. The van der Waals surface area contributed by atoms with Crippen molar-refractivity contribution >= 4 is 5.91 Å². The van der Waals surface area contributed by atoms with Crippen LogP contribution in [0.15, 0.2) is 24.3 Å². The van der Waals surface area contributed by atoms with Crippen LogP contribution in [-0.4, -0.2) is 19.0 Å². The highest BCUT2D eigenvalue weighted by Gasteiger charge is 2.04. The van der Waals surface area contributed by atoms with Gasteiger partial charge in [-0.15, -0.1) is 0 Å². The molecule has 0 spiro atoms. The number of nitrogens with two attached hydrogens (primary N) is 1. The van der Waals surface area contributed by atoms with E-state index in [2.05, 4.69) is 19.2 Å². The molecule has 3 heteroatoms. The van der Waals surface area contributed by atoms with Gasteiger partial charge in [0, 0.05) is 18.7 Å². The highest BCUT2D eigenvalue weighted by atomic mass is 16.1. The first-order valence-corrected chi connectivity index (χ1v) is 5.23. The third-order valence-electron chi connectivity index (χ3n) is 2.27. The molecule has 1 rings (SSSR count). The number of hydrogen-bond acceptors (Lipinski definition) is 2. The summed E-state index contributed by atoms with van der Waals surface area (Å²) in [5, 5.41) is 2.73. The molecule has 0 aliphatic rings. The van der Waals surface area contributed by atoms with Gasteiger partial charge in [0.25, 0.3) is 5.91 Å². The summed E-state index contributed by atoms with van der Waals surface area (Å²) in [4.78, 5) is 11.5. The van der Waals surface area contributed by atoms with Crippen LogP contribution in [0.25, 0.3) is 0 Å². The first kappa shape index (κ1) is 11.7. The van der Waals surface area contributed by atoms with Gasteiger partial charge in [-0.25, -0.2) is 0 Å². The molecule has 0 radical (unpaired) electrons. The predicted octanol–water partition coefficient (Wildman–Crippen LogP) is 1.50. The molecule has 0 saturated heterocycles. The van der Waals surface area contributed by atoms with Crippen molar-refractivity contribution in [2.75, 3.05) is 13.1 Å². The van der Waals surface area contributed by atoms with Gasteiger partial charge in [-0.3, -0.25) is 4.79 Å². The second-order valence-electron chi connectivity index (χ2n) is 3.82. The summed E-state index contributed by atoms with van der Waals surface area (Å²) in [6.45, 7) is 5.24. The third kappa shape index (κ3) is 3.36. The smallest absolute Gasteiger partial charge is 0.251 e. The van der Waals surface area contributed by atoms with E-state index in [-0.39, 0.29) is 5.91 Å². The van der Waals surface area contributed by atoms with Crippen LogP contribution >= 0.6 is 0 Å². The van der Waals surface area contributed by atoms with E-state index in [1.54, 1.807) is 0 Å². The van der Waals surface area contributed by atoms with Gasteiger partial charge in [-0.05, 0) is 23.6 Å². The predicted molar refractivity (Wildman–Crippen MR) is 61.9 cm³/mol. The van der Waals surface area contributed by atoms with Crippen molar-refractivity contribution in [1.29, 1.82) is 0 Å². The molecule has 15 heavy (non-hydrogen) atoms. The fourth-order valence-corrected chi connectivity index (χ4v) is 1.31. The summed E-state index contributed by atoms with van der Waals surface area (Å²) in [6.07, 6.45) is 0. The molecule has 0 aliphatic carbocycles. The summed E-state index contributed by atoms with van der Waals surface area (Å²) in [5.74, 6) is 0.432. The molecule has 0 fully saturated rings. The number of carbonyl (C=O) groups excluding carboxylic acids is 1. The molecular formula is C12H18N2O. The van der Waals surface area contributed by atoms with E-state index in [9.17, 15) is 4.79 Å². The molecule has 1 aromatic carbocycles. The summed E-state index contributed by atoms with van der Waals surface area (Å²) in [6, 6.07) is 7.67. The minimum Gasteiger partial charge on any atom is -0.351 e. The average molecular weight is 206 g/mol. The average Bonchev–Trinajstić information content (AvgIpc) is 2.26. The molecule has 0 unspecified atom stereocenters. The van der Waals surface area contributed by atoms with E-state index < -0.39 is 0 Å². The lowest BCUT2D eigenvalue weighted by Crippen LogP contribution is -2.28. The molecule has 1 aromatic rings. The van der Waals surface area contributed by atoms with E-state index in [1.807, 2.05) is 24.3 Å². The van der Waals surface area contributed by atoms with Crippen LogP contribution < -0.4 is 11.1 Å². The minimum absolute atomic E-state index is 0.0595. The van der Waals surface area contributed by atoms with Gasteiger partial charge in [-0.2, -0.15) is 0 Å². The van der Waals surface area contributed by atoms with Crippen molar-refractivity contribution in [2.24, 2.45) is 5.73 Å². The van der Waals surface area contributed by atoms with Crippen LogP contribution in [0.3, 0.4) is 0 Å². The molecule has 0 aromatic heterocycles. The van der Waals surface area contributed by atoms with Gasteiger partial charge in [0.2, 0.25) is 0 Å². The molecule has 0 aliphatic heterocycles. The van der Waals surface area contributed by atoms with Gasteiger partial charge in [0.1, 0.15) is 0 Å². The van der Waals surface area contributed by atoms with E-state index in [0.717, 1.165) is 0 Å². The highest BCUT2D eigenvalue weighted by molar-refractivity contribution is 5.94. The summed E-state index contributed by atoms with van der Waals surface area (Å²) in [7, 11) is 0. The van der Waals surface area contributed by atoms with Crippen LogP contribution in [0.5, 0.6) is 0 Å². The Labute approximate surface area is 90.7 Å². The Morgan fingerprint density at radius 1 is 1.33 bits per heavy atom. The van der Waals surface area contributed by atoms with Crippen LogP contribution in [0.2, 0.25) is 0 Å². The maximum absolute atomic E-state index is 11.5. The number of benzene rings is 1. The van der Waals surface area contributed by atoms with Crippen molar-refractivity contribution in [2.45, 2.75) is 19.8 Å². The van der Waals surface area contributed by atoms with Gasteiger partial charge in [0.05, 0.1) is 0 Å². The zero-order valence-corrected chi connectivity index (χ0v) is 9.29. The second-order valence-corrected chi connectivity index (χ2v) is 3.82. The van der Waals surface area contributed by atoms with Crippen molar-refractivity contribution in [3.63, 3.8) is 0 Å². The fourth-order valence-electron chi connectivity index (χ4n) is 1.31. The Bertz CT molecular complexity index is 317. The van der Waals surface area contributed by atoms with Gasteiger partial charge < -0.3 is 11.1 Å². The summed E-state index contributed by atoms with van der Waals surface area (Å²) < 4.78 is 0. The maximum Gasteiger partial charge on any atom is 0.251 e. The van der Waals surface area contributed by atoms with Crippen molar-refractivity contribution in [3.8, 4) is 0 Å². The van der Waals surface area contributed by atoms with Crippen molar-refractivity contribution in [1.82, 2.24) is 5.32 Å². The Morgan fingerprint density at radius 3 is 2.40 bits per heavy atom. The molecule has 82 valence electrons. The zero-order valence-electron chi connectivity index (χ0n) is 9.29. The first-order chi connectivity index (χ1) is 7.15.